The fourth-order valence-electron chi connectivity index (χ4n) is 2.58. The molecule has 162 valence electrons. The smallest absolute Gasteiger partial charge is 0.471 e. The summed E-state index contributed by atoms with van der Waals surface area (Å²) in [7, 11) is 1.38. The number of nitriles is 2. The number of alkyl halides is 3. The van der Waals surface area contributed by atoms with Crippen molar-refractivity contribution in [3.63, 3.8) is 0 Å². The summed E-state index contributed by atoms with van der Waals surface area (Å²) in [4.78, 5) is 19.5. The van der Waals surface area contributed by atoms with E-state index in [1.165, 1.54) is 19.2 Å². The van der Waals surface area contributed by atoms with Crippen LogP contribution >= 0.6 is 0 Å². The number of methoxy groups -OCH3 is 1. The van der Waals surface area contributed by atoms with Crippen molar-refractivity contribution < 1.29 is 22.7 Å². The van der Waals surface area contributed by atoms with Gasteiger partial charge in [0.25, 0.3) is 0 Å². The second kappa shape index (κ2) is 9.58. The van der Waals surface area contributed by atoms with E-state index in [-0.39, 0.29) is 34.5 Å². The monoisotopic (exact) mass is 434 g/mol. The van der Waals surface area contributed by atoms with Gasteiger partial charge in [-0.15, -0.1) is 10.2 Å². The lowest BCUT2D eigenvalue weighted by molar-refractivity contribution is -0.167. The second-order valence-electron chi connectivity index (χ2n) is 5.87. The van der Waals surface area contributed by atoms with Crippen molar-refractivity contribution in [2.75, 3.05) is 30.4 Å². The number of azo groups is 1. The van der Waals surface area contributed by atoms with Crippen molar-refractivity contribution in [2.45, 2.75) is 20.0 Å². The van der Waals surface area contributed by atoms with Gasteiger partial charge < -0.3 is 19.9 Å². The largest absolute Gasteiger partial charge is 0.494 e. The lowest BCUT2D eigenvalue weighted by atomic mass is 10.2. The standard InChI is InChI=1S/C18H17F3N8O2/c1-4-29(5-2)14-6-10(24-16(30)18(19,20)21)11(7-15(14)31-3)27-28-17-25-12(8-22)13(9-23)26-17/h6-7H,4-5H2,1-3H3,(H,24,30)(H,25,26). The van der Waals surface area contributed by atoms with E-state index in [0.717, 1.165) is 0 Å². The number of halogens is 3. The number of amides is 1. The Kier molecular flexibility index (Phi) is 7.15. The Labute approximate surface area is 175 Å². The Balaban J connectivity index is 2.58. The van der Waals surface area contributed by atoms with Crippen LogP contribution in [0.25, 0.3) is 0 Å². The predicted octanol–water partition coefficient (Wildman–Crippen LogP) is 3.92. The molecular formula is C18H17F3N8O2. The number of aromatic amines is 1. The van der Waals surface area contributed by atoms with Gasteiger partial charge >= 0.3 is 12.1 Å². The first-order valence-corrected chi connectivity index (χ1v) is 8.85. The van der Waals surface area contributed by atoms with Gasteiger partial charge in [-0.05, 0) is 19.9 Å². The number of hydrogen-bond acceptors (Lipinski definition) is 8. The molecule has 0 bridgehead atoms. The minimum absolute atomic E-state index is 0.142. The zero-order valence-corrected chi connectivity index (χ0v) is 16.7. The van der Waals surface area contributed by atoms with Gasteiger partial charge in [-0.2, -0.15) is 28.7 Å². The van der Waals surface area contributed by atoms with Crippen LogP contribution in [-0.2, 0) is 4.79 Å². The number of rotatable bonds is 7. The zero-order valence-electron chi connectivity index (χ0n) is 16.7. The van der Waals surface area contributed by atoms with Gasteiger partial charge in [0.15, 0.2) is 11.4 Å². The lowest BCUT2D eigenvalue weighted by Crippen LogP contribution is -2.30. The highest BCUT2D eigenvalue weighted by Gasteiger charge is 2.39. The molecule has 13 heteroatoms. The van der Waals surface area contributed by atoms with Gasteiger partial charge in [0.05, 0.1) is 18.5 Å². The van der Waals surface area contributed by atoms with Crippen molar-refractivity contribution in [1.29, 1.82) is 10.5 Å². The molecule has 0 radical (unpaired) electrons. The fourth-order valence-corrected chi connectivity index (χ4v) is 2.58. The van der Waals surface area contributed by atoms with Crippen LogP contribution in [0.3, 0.4) is 0 Å². The number of nitrogens with one attached hydrogen (secondary N) is 2. The van der Waals surface area contributed by atoms with Gasteiger partial charge in [-0.25, -0.2) is 0 Å². The van der Waals surface area contributed by atoms with Crippen LogP contribution in [0.1, 0.15) is 25.2 Å². The highest BCUT2D eigenvalue weighted by molar-refractivity contribution is 5.98. The van der Waals surface area contributed by atoms with Gasteiger partial charge in [-0.1, -0.05) is 0 Å². The van der Waals surface area contributed by atoms with Crippen molar-refractivity contribution in [3.8, 4) is 17.9 Å². The molecule has 0 fully saturated rings. The summed E-state index contributed by atoms with van der Waals surface area (Å²) in [5.74, 6) is -2.11. The fraction of sp³-hybridized carbons (Fsp3) is 0.333. The predicted molar refractivity (Wildman–Crippen MR) is 103 cm³/mol. The first kappa shape index (κ1) is 23.2. The molecule has 1 aromatic carbocycles. The van der Waals surface area contributed by atoms with E-state index < -0.39 is 12.1 Å². The summed E-state index contributed by atoms with van der Waals surface area (Å²) in [6.45, 7) is 4.75. The van der Waals surface area contributed by atoms with Crippen LogP contribution in [0.4, 0.5) is 36.2 Å². The number of aromatic nitrogens is 2. The number of nitrogens with zero attached hydrogens (tertiary/aromatic N) is 6. The highest BCUT2D eigenvalue weighted by Crippen LogP contribution is 2.39. The summed E-state index contributed by atoms with van der Waals surface area (Å²) in [6.07, 6.45) is -5.12. The molecule has 0 aliphatic rings. The van der Waals surface area contributed by atoms with Crippen LogP contribution < -0.4 is 15.0 Å². The Bertz CT molecular complexity index is 1040. The summed E-state index contributed by atoms with van der Waals surface area (Å²) < 4.78 is 43.7. The van der Waals surface area contributed by atoms with E-state index in [9.17, 15) is 18.0 Å². The molecule has 0 saturated heterocycles. The van der Waals surface area contributed by atoms with Crippen molar-refractivity contribution in [3.05, 3.63) is 23.5 Å². The average Bonchev–Trinajstić information content (AvgIpc) is 3.15. The summed E-state index contributed by atoms with van der Waals surface area (Å²) in [6, 6.07) is 6.02. The third kappa shape index (κ3) is 5.27. The molecule has 2 aromatic rings. The van der Waals surface area contributed by atoms with Crippen LogP contribution in [0.2, 0.25) is 0 Å². The molecule has 0 aliphatic heterocycles. The molecular weight excluding hydrogens is 417 g/mol. The van der Waals surface area contributed by atoms with Crippen molar-refractivity contribution in [2.24, 2.45) is 10.2 Å². The van der Waals surface area contributed by atoms with Gasteiger partial charge in [0.1, 0.15) is 23.6 Å². The van der Waals surface area contributed by atoms with E-state index in [2.05, 4.69) is 20.2 Å². The lowest BCUT2D eigenvalue weighted by Gasteiger charge is -2.24. The molecule has 0 unspecified atom stereocenters. The summed E-state index contributed by atoms with van der Waals surface area (Å²) >= 11 is 0. The Morgan fingerprint density at radius 3 is 2.42 bits per heavy atom. The molecule has 1 heterocycles. The van der Waals surface area contributed by atoms with Crippen LogP contribution in [0.15, 0.2) is 22.4 Å². The molecule has 1 aromatic heterocycles. The third-order valence-corrected chi connectivity index (χ3v) is 4.07. The molecule has 31 heavy (non-hydrogen) atoms. The second-order valence-corrected chi connectivity index (χ2v) is 5.87. The number of carbonyl (C=O) groups excluding carboxylic acids is 1. The van der Waals surface area contributed by atoms with Crippen LogP contribution in [-0.4, -0.2) is 42.3 Å². The summed E-state index contributed by atoms with van der Waals surface area (Å²) in [5.41, 5.74) is -0.325. The number of imidazole rings is 1. The van der Waals surface area contributed by atoms with Crippen molar-refractivity contribution >= 4 is 28.9 Å². The molecule has 10 nitrogen and oxygen atoms in total. The summed E-state index contributed by atoms with van der Waals surface area (Å²) in [5, 5.41) is 27.2. The molecule has 0 aliphatic carbocycles. The number of carbonyl (C=O) groups is 1. The maximum Gasteiger partial charge on any atom is 0.471 e. The van der Waals surface area contributed by atoms with E-state index >= 15 is 0 Å². The maximum atomic E-state index is 12.8. The van der Waals surface area contributed by atoms with E-state index in [0.29, 0.717) is 18.8 Å². The van der Waals surface area contributed by atoms with Gasteiger partial charge in [0.2, 0.25) is 5.95 Å². The Morgan fingerprint density at radius 1 is 1.26 bits per heavy atom. The van der Waals surface area contributed by atoms with Gasteiger partial charge in [0, 0.05) is 19.2 Å². The quantitative estimate of drug-likeness (QED) is 0.632. The average molecular weight is 434 g/mol. The maximum absolute atomic E-state index is 12.8. The van der Waals surface area contributed by atoms with E-state index in [4.69, 9.17) is 15.3 Å². The number of anilines is 2. The van der Waals surface area contributed by atoms with Crippen molar-refractivity contribution in [1.82, 2.24) is 9.97 Å². The molecule has 1 amide bonds. The first-order valence-electron chi connectivity index (χ1n) is 8.85. The number of ether oxygens (including phenoxy) is 1. The highest BCUT2D eigenvalue weighted by atomic mass is 19.4. The third-order valence-electron chi connectivity index (χ3n) is 4.07. The van der Waals surface area contributed by atoms with E-state index in [1.807, 2.05) is 18.7 Å². The number of H-pyrrole nitrogens is 1. The molecule has 0 saturated carbocycles. The Hall–Kier alpha value is -4.13. The normalized spacial score (nSPS) is 11.1. The minimum atomic E-state index is -5.12. The van der Waals surface area contributed by atoms with Gasteiger partial charge in [-0.3, -0.25) is 4.79 Å². The topological polar surface area (TPSA) is 143 Å². The molecule has 0 spiro atoms. The zero-order chi connectivity index (χ0) is 23.2. The SMILES string of the molecule is CCN(CC)c1cc(NC(=O)C(F)(F)F)c(N=Nc2nc(C#N)c(C#N)[nH]2)cc1OC. The number of benzene rings is 1. The Morgan fingerprint density at radius 2 is 1.94 bits per heavy atom. The van der Waals surface area contributed by atoms with E-state index in [1.54, 1.807) is 17.5 Å². The minimum Gasteiger partial charge on any atom is -0.494 e. The molecule has 0 atom stereocenters. The van der Waals surface area contributed by atoms with Crippen LogP contribution in [0.5, 0.6) is 5.75 Å². The number of hydrogen-bond donors (Lipinski definition) is 2. The first-order chi connectivity index (χ1) is 14.7. The molecule has 2 N–H and O–H groups in total. The molecule has 2 rings (SSSR count). The van der Waals surface area contributed by atoms with Crippen LogP contribution in [0, 0.1) is 22.7 Å².